The fourth-order valence-electron chi connectivity index (χ4n) is 2.99. The van der Waals surface area contributed by atoms with Crippen LogP contribution in [0.4, 0.5) is 14.5 Å². The molecule has 1 amide bonds. The molecule has 0 aromatic heterocycles. The smallest absolute Gasteiger partial charge is 0.331 e. The first-order chi connectivity index (χ1) is 14.4. The topological polar surface area (TPSA) is 73.9 Å². The SMILES string of the molecule is CCOc1cc2c(cc1/C=C/C(=O)OCC(=O)Nc1cc(F)ccc1F)O[C@H](C)C2. The zero-order valence-corrected chi connectivity index (χ0v) is 16.5. The molecule has 0 aliphatic carbocycles. The number of benzene rings is 2. The first-order valence-corrected chi connectivity index (χ1v) is 9.41. The van der Waals surface area contributed by atoms with Crippen molar-refractivity contribution < 1.29 is 32.6 Å². The summed E-state index contributed by atoms with van der Waals surface area (Å²) in [5.74, 6) is -1.73. The third kappa shape index (κ3) is 5.34. The Hall–Kier alpha value is -3.42. The highest BCUT2D eigenvalue weighted by Gasteiger charge is 2.21. The van der Waals surface area contributed by atoms with Crippen LogP contribution in [0.3, 0.4) is 0 Å². The van der Waals surface area contributed by atoms with Gasteiger partial charge in [-0.2, -0.15) is 0 Å². The first kappa shape index (κ1) is 21.3. The van der Waals surface area contributed by atoms with Crippen molar-refractivity contribution in [1.29, 1.82) is 0 Å². The predicted molar refractivity (Wildman–Crippen MR) is 106 cm³/mol. The average molecular weight is 417 g/mol. The number of anilines is 1. The fourth-order valence-corrected chi connectivity index (χ4v) is 2.99. The molecule has 1 N–H and O–H groups in total. The van der Waals surface area contributed by atoms with Crippen molar-refractivity contribution in [3.63, 3.8) is 0 Å². The molecular weight excluding hydrogens is 396 g/mol. The fraction of sp³-hybridized carbons (Fsp3) is 0.273. The summed E-state index contributed by atoms with van der Waals surface area (Å²) in [5.41, 5.74) is 1.33. The lowest BCUT2D eigenvalue weighted by Crippen LogP contribution is -2.20. The molecule has 1 aliphatic rings. The van der Waals surface area contributed by atoms with E-state index in [2.05, 4.69) is 5.32 Å². The molecule has 1 aliphatic heterocycles. The Morgan fingerprint density at radius 3 is 2.83 bits per heavy atom. The van der Waals surface area contributed by atoms with Gasteiger partial charge in [-0.15, -0.1) is 0 Å². The molecule has 0 saturated heterocycles. The van der Waals surface area contributed by atoms with Gasteiger partial charge in [-0.25, -0.2) is 13.6 Å². The zero-order chi connectivity index (χ0) is 21.7. The maximum Gasteiger partial charge on any atom is 0.331 e. The number of hydrogen-bond donors (Lipinski definition) is 1. The van der Waals surface area contributed by atoms with E-state index in [1.54, 1.807) is 6.07 Å². The molecule has 158 valence electrons. The number of fused-ring (bicyclic) bond motifs is 1. The van der Waals surface area contributed by atoms with Crippen LogP contribution in [0, 0.1) is 11.6 Å². The number of carbonyl (C=O) groups is 2. The van der Waals surface area contributed by atoms with Gasteiger partial charge in [0.15, 0.2) is 6.61 Å². The van der Waals surface area contributed by atoms with Crippen LogP contribution in [0.15, 0.2) is 36.4 Å². The van der Waals surface area contributed by atoms with E-state index >= 15 is 0 Å². The molecule has 8 heteroatoms. The van der Waals surface area contributed by atoms with Crippen LogP contribution in [0.25, 0.3) is 6.08 Å². The van der Waals surface area contributed by atoms with Gasteiger partial charge in [-0.1, -0.05) is 0 Å². The van der Waals surface area contributed by atoms with E-state index < -0.39 is 30.1 Å². The van der Waals surface area contributed by atoms with Crippen LogP contribution >= 0.6 is 0 Å². The monoisotopic (exact) mass is 417 g/mol. The minimum Gasteiger partial charge on any atom is -0.493 e. The van der Waals surface area contributed by atoms with E-state index in [0.717, 1.165) is 42.0 Å². The summed E-state index contributed by atoms with van der Waals surface area (Å²) >= 11 is 0. The summed E-state index contributed by atoms with van der Waals surface area (Å²) in [5, 5.41) is 2.15. The number of amides is 1. The molecule has 3 rings (SSSR count). The molecule has 0 fully saturated rings. The van der Waals surface area contributed by atoms with Gasteiger partial charge in [0, 0.05) is 29.7 Å². The van der Waals surface area contributed by atoms with Crippen LogP contribution in [0.2, 0.25) is 0 Å². The van der Waals surface area contributed by atoms with E-state index in [0.29, 0.717) is 17.9 Å². The number of ether oxygens (including phenoxy) is 3. The molecule has 0 radical (unpaired) electrons. The Kier molecular flexibility index (Phi) is 6.66. The summed E-state index contributed by atoms with van der Waals surface area (Å²) < 4.78 is 42.9. The molecule has 1 heterocycles. The quantitative estimate of drug-likeness (QED) is 0.547. The van der Waals surface area contributed by atoms with Gasteiger partial charge in [0.1, 0.15) is 29.2 Å². The van der Waals surface area contributed by atoms with Crippen molar-refractivity contribution in [3.8, 4) is 11.5 Å². The van der Waals surface area contributed by atoms with Gasteiger partial charge in [0.25, 0.3) is 5.91 Å². The molecule has 0 bridgehead atoms. The molecule has 1 atom stereocenters. The van der Waals surface area contributed by atoms with E-state index in [1.165, 1.54) is 6.08 Å². The second-order valence-corrected chi connectivity index (χ2v) is 6.68. The molecule has 2 aromatic carbocycles. The largest absolute Gasteiger partial charge is 0.493 e. The van der Waals surface area contributed by atoms with Crippen LogP contribution in [0.5, 0.6) is 11.5 Å². The molecule has 6 nitrogen and oxygen atoms in total. The minimum absolute atomic E-state index is 0.0695. The summed E-state index contributed by atoms with van der Waals surface area (Å²) in [6.07, 6.45) is 3.51. The highest BCUT2D eigenvalue weighted by molar-refractivity contribution is 5.94. The number of carbonyl (C=O) groups excluding carboxylic acids is 2. The van der Waals surface area contributed by atoms with Crippen molar-refractivity contribution >= 4 is 23.6 Å². The lowest BCUT2D eigenvalue weighted by atomic mass is 10.1. The zero-order valence-electron chi connectivity index (χ0n) is 16.5. The van der Waals surface area contributed by atoms with E-state index in [-0.39, 0.29) is 11.8 Å². The van der Waals surface area contributed by atoms with Crippen molar-refractivity contribution in [2.75, 3.05) is 18.5 Å². The third-order valence-electron chi connectivity index (χ3n) is 4.28. The Bertz CT molecular complexity index is 990. The van der Waals surface area contributed by atoms with Crippen LogP contribution in [-0.4, -0.2) is 31.2 Å². The molecule has 0 unspecified atom stereocenters. The van der Waals surface area contributed by atoms with Gasteiger partial charge in [0.05, 0.1) is 12.3 Å². The first-order valence-electron chi connectivity index (χ1n) is 9.41. The molecule has 0 spiro atoms. The van der Waals surface area contributed by atoms with E-state index in [9.17, 15) is 18.4 Å². The van der Waals surface area contributed by atoms with Gasteiger partial charge < -0.3 is 19.5 Å². The maximum atomic E-state index is 13.5. The number of nitrogens with one attached hydrogen (secondary N) is 1. The third-order valence-corrected chi connectivity index (χ3v) is 4.28. The number of hydrogen-bond acceptors (Lipinski definition) is 5. The minimum atomic E-state index is -0.799. The van der Waals surface area contributed by atoms with Crippen molar-refractivity contribution in [1.82, 2.24) is 0 Å². The van der Waals surface area contributed by atoms with Crippen LogP contribution in [0.1, 0.15) is 25.0 Å². The second-order valence-electron chi connectivity index (χ2n) is 6.68. The summed E-state index contributed by atoms with van der Waals surface area (Å²) in [6, 6.07) is 6.32. The van der Waals surface area contributed by atoms with Gasteiger partial charge in [0.2, 0.25) is 0 Å². The number of halogens is 2. The molecule has 30 heavy (non-hydrogen) atoms. The number of esters is 1. The Labute approximate surface area is 172 Å². The molecule has 2 aromatic rings. The van der Waals surface area contributed by atoms with E-state index in [1.807, 2.05) is 19.9 Å². The Balaban J connectivity index is 1.60. The van der Waals surface area contributed by atoms with Crippen molar-refractivity contribution in [2.24, 2.45) is 0 Å². The average Bonchev–Trinajstić information content (AvgIpc) is 3.06. The van der Waals surface area contributed by atoms with Gasteiger partial charge in [-0.3, -0.25) is 4.79 Å². The van der Waals surface area contributed by atoms with Crippen LogP contribution in [-0.2, 0) is 20.7 Å². The highest BCUT2D eigenvalue weighted by Crippen LogP contribution is 2.35. The molecular formula is C22H21F2NO5. The van der Waals surface area contributed by atoms with E-state index in [4.69, 9.17) is 14.2 Å². The summed E-state index contributed by atoms with van der Waals surface area (Å²) in [7, 11) is 0. The molecule has 0 saturated carbocycles. The van der Waals surface area contributed by atoms with Crippen molar-refractivity contribution in [2.45, 2.75) is 26.4 Å². The Morgan fingerprint density at radius 2 is 2.07 bits per heavy atom. The lowest BCUT2D eigenvalue weighted by Gasteiger charge is -2.10. The standard InChI is InChI=1S/C22H21F2NO5/c1-3-28-19-10-15-8-13(2)30-20(15)9-14(19)4-7-22(27)29-12-21(26)25-18-11-16(23)5-6-17(18)24/h4-7,9-11,13H,3,8,12H2,1-2H3,(H,25,26)/b7-4+/t13-/m1/s1. The summed E-state index contributed by atoms with van der Waals surface area (Å²) in [4.78, 5) is 23.8. The Morgan fingerprint density at radius 1 is 1.27 bits per heavy atom. The van der Waals surface area contributed by atoms with Gasteiger partial charge in [-0.05, 0) is 44.2 Å². The lowest BCUT2D eigenvalue weighted by molar-refractivity contribution is -0.142. The second kappa shape index (κ2) is 9.39. The maximum absolute atomic E-state index is 13.5. The van der Waals surface area contributed by atoms with Crippen molar-refractivity contribution in [3.05, 3.63) is 59.2 Å². The normalized spacial score (nSPS) is 14.9. The van der Waals surface area contributed by atoms with Gasteiger partial charge >= 0.3 is 5.97 Å². The highest BCUT2D eigenvalue weighted by atomic mass is 19.1. The predicted octanol–water partition coefficient (Wildman–Crippen LogP) is 3.88. The number of rotatable bonds is 7. The van der Waals surface area contributed by atoms with Crippen LogP contribution < -0.4 is 14.8 Å². The summed E-state index contributed by atoms with van der Waals surface area (Å²) in [6.45, 7) is 3.63.